The summed E-state index contributed by atoms with van der Waals surface area (Å²) in [5, 5.41) is 48.8. The molecular formula is C21H20O10. The lowest BCUT2D eigenvalue weighted by Gasteiger charge is -2.23. The maximum Gasteiger partial charge on any atom is 0.229 e. The Bertz CT molecular complexity index is 1060. The summed E-state index contributed by atoms with van der Waals surface area (Å²) in [6, 6.07) is 5.10. The number of methoxy groups -OCH3 is 1. The van der Waals surface area contributed by atoms with Crippen molar-refractivity contribution in [2.75, 3.05) is 13.7 Å². The zero-order valence-electron chi connectivity index (χ0n) is 16.3. The Balaban J connectivity index is 1.77. The van der Waals surface area contributed by atoms with E-state index in [0.29, 0.717) is 0 Å². The molecule has 1 saturated heterocycles. The monoisotopic (exact) mass is 432 g/mol. The molecule has 1 aliphatic heterocycles. The van der Waals surface area contributed by atoms with Gasteiger partial charge in [0.2, 0.25) is 12.1 Å². The van der Waals surface area contributed by atoms with Crippen molar-refractivity contribution in [3.05, 3.63) is 52.1 Å². The van der Waals surface area contributed by atoms with Gasteiger partial charge in [0.05, 0.1) is 31.5 Å². The number of benzene rings is 2. The summed E-state index contributed by atoms with van der Waals surface area (Å²) >= 11 is 0. The molecule has 1 aliphatic carbocycles. The van der Waals surface area contributed by atoms with Crippen LogP contribution in [0.25, 0.3) is 0 Å². The molecule has 0 amide bonds. The van der Waals surface area contributed by atoms with Gasteiger partial charge in [-0.2, -0.15) is 0 Å². The Morgan fingerprint density at radius 3 is 2.29 bits per heavy atom. The highest BCUT2D eigenvalue weighted by Crippen LogP contribution is 2.40. The third kappa shape index (κ3) is 3.34. The lowest BCUT2D eigenvalue weighted by atomic mass is 9.82. The number of hydrogen-bond acceptors (Lipinski definition) is 10. The second-order valence-electron chi connectivity index (χ2n) is 7.23. The summed E-state index contributed by atoms with van der Waals surface area (Å²) in [5.74, 6) is -1.66. The standard InChI is InChI=1S/C21H20O10/c1-29-13-5-9(30-21-20(28)18(26)14(7-23)31-21)4-11-16(13)19(27)15-10(17(11)25)2-8(6-22)3-12(15)24/h2-5,14,18,20-24,26,28H,6-7H2,1H3/t14-,18-,20-,21+/m1/s1. The van der Waals surface area contributed by atoms with E-state index in [-0.39, 0.29) is 39.3 Å². The van der Waals surface area contributed by atoms with Crippen LogP contribution in [0, 0.1) is 0 Å². The highest BCUT2D eigenvalue weighted by atomic mass is 16.7. The van der Waals surface area contributed by atoms with E-state index in [9.17, 15) is 35.1 Å². The van der Waals surface area contributed by atoms with E-state index in [2.05, 4.69) is 0 Å². The number of ether oxygens (including phenoxy) is 3. The van der Waals surface area contributed by atoms with Crippen LogP contribution in [-0.4, -0.2) is 75.4 Å². The van der Waals surface area contributed by atoms with Crippen molar-refractivity contribution in [1.29, 1.82) is 0 Å². The van der Waals surface area contributed by atoms with Crippen LogP contribution in [0.1, 0.15) is 37.4 Å². The van der Waals surface area contributed by atoms with Crippen molar-refractivity contribution < 1.29 is 49.3 Å². The molecule has 0 aromatic heterocycles. The van der Waals surface area contributed by atoms with Gasteiger partial charge in [0.1, 0.15) is 35.6 Å². The first kappa shape index (κ1) is 21.2. The minimum atomic E-state index is -1.46. The van der Waals surface area contributed by atoms with E-state index in [1.54, 1.807) is 0 Å². The summed E-state index contributed by atoms with van der Waals surface area (Å²) in [4.78, 5) is 26.2. The van der Waals surface area contributed by atoms with Crippen molar-refractivity contribution in [3.63, 3.8) is 0 Å². The number of fused-ring (bicyclic) bond motifs is 2. The van der Waals surface area contributed by atoms with Gasteiger partial charge in [-0.25, -0.2) is 0 Å². The van der Waals surface area contributed by atoms with Crippen molar-refractivity contribution >= 4 is 11.6 Å². The number of aromatic hydroxyl groups is 1. The molecule has 0 bridgehead atoms. The van der Waals surface area contributed by atoms with Crippen LogP contribution >= 0.6 is 0 Å². The fraction of sp³-hybridized carbons (Fsp3) is 0.333. The molecule has 0 unspecified atom stereocenters. The second-order valence-corrected chi connectivity index (χ2v) is 7.23. The number of hydrogen-bond donors (Lipinski definition) is 5. The maximum atomic E-state index is 13.1. The van der Waals surface area contributed by atoms with Crippen LogP contribution in [0.15, 0.2) is 24.3 Å². The number of phenols is 1. The predicted octanol–water partition coefficient (Wildman–Crippen LogP) is -0.514. The summed E-state index contributed by atoms with van der Waals surface area (Å²) in [7, 11) is 1.29. The minimum absolute atomic E-state index is 0.00567. The topological polar surface area (TPSA) is 163 Å². The van der Waals surface area contributed by atoms with Gasteiger partial charge in [-0.15, -0.1) is 0 Å². The molecule has 2 aromatic rings. The average Bonchev–Trinajstić information content (AvgIpc) is 3.03. The molecule has 2 aliphatic rings. The maximum absolute atomic E-state index is 13.1. The normalized spacial score (nSPS) is 24.7. The Morgan fingerprint density at radius 1 is 0.968 bits per heavy atom. The summed E-state index contributed by atoms with van der Waals surface area (Å²) < 4.78 is 16.1. The fourth-order valence-corrected chi connectivity index (χ4v) is 3.79. The molecule has 0 spiro atoms. The van der Waals surface area contributed by atoms with Crippen molar-refractivity contribution in [3.8, 4) is 17.2 Å². The summed E-state index contributed by atoms with van der Waals surface area (Å²) in [5.41, 5.74) is -0.140. The van der Waals surface area contributed by atoms with Gasteiger partial charge in [0.25, 0.3) is 0 Å². The molecular weight excluding hydrogens is 412 g/mol. The highest BCUT2D eigenvalue weighted by Gasteiger charge is 2.44. The molecule has 1 fully saturated rings. The molecule has 4 atom stereocenters. The molecule has 10 heteroatoms. The average molecular weight is 432 g/mol. The first-order chi connectivity index (χ1) is 14.8. The lowest BCUT2D eigenvalue weighted by Crippen LogP contribution is -2.35. The number of aliphatic hydroxyl groups is 4. The van der Waals surface area contributed by atoms with Crippen LogP contribution in [0.5, 0.6) is 17.2 Å². The summed E-state index contributed by atoms with van der Waals surface area (Å²) in [6.45, 7) is -0.973. The minimum Gasteiger partial charge on any atom is -0.507 e. The van der Waals surface area contributed by atoms with E-state index in [1.807, 2.05) is 0 Å². The zero-order chi connectivity index (χ0) is 22.4. The Labute approximate surface area is 175 Å². The first-order valence-corrected chi connectivity index (χ1v) is 9.38. The van der Waals surface area contributed by atoms with Crippen molar-refractivity contribution in [2.45, 2.75) is 31.2 Å². The number of carbonyl (C=O) groups is 2. The van der Waals surface area contributed by atoms with Gasteiger partial charge < -0.3 is 39.7 Å². The second kappa shape index (κ2) is 7.91. The van der Waals surface area contributed by atoms with E-state index in [4.69, 9.17) is 14.2 Å². The van der Waals surface area contributed by atoms with Crippen LogP contribution in [-0.2, 0) is 11.3 Å². The van der Waals surface area contributed by atoms with E-state index in [1.165, 1.54) is 31.4 Å². The first-order valence-electron chi connectivity index (χ1n) is 9.38. The largest absolute Gasteiger partial charge is 0.507 e. The smallest absolute Gasteiger partial charge is 0.229 e. The van der Waals surface area contributed by atoms with Crippen molar-refractivity contribution in [1.82, 2.24) is 0 Å². The van der Waals surface area contributed by atoms with E-state index < -0.39 is 55.1 Å². The van der Waals surface area contributed by atoms with E-state index >= 15 is 0 Å². The molecule has 31 heavy (non-hydrogen) atoms. The molecule has 4 rings (SSSR count). The SMILES string of the molecule is COc1cc(O[C@H]2O[C@H](CO)[C@@H](O)[C@H]2O)cc2c1C(=O)c1c(O)cc(CO)cc1C2=O. The van der Waals surface area contributed by atoms with Crippen LogP contribution in [0.2, 0.25) is 0 Å². The fourth-order valence-electron chi connectivity index (χ4n) is 3.79. The quantitative estimate of drug-likeness (QED) is 0.355. The number of aliphatic hydroxyl groups excluding tert-OH is 4. The third-order valence-corrected chi connectivity index (χ3v) is 5.35. The van der Waals surface area contributed by atoms with Gasteiger partial charge in [-0.3, -0.25) is 9.59 Å². The molecule has 1 heterocycles. The van der Waals surface area contributed by atoms with Crippen LogP contribution in [0.3, 0.4) is 0 Å². The molecule has 2 aromatic carbocycles. The Kier molecular flexibility index (Phi) is 5.42. The van der Waals surface area contributed by atoms with Crippen molar-refractivity contribution in [2.24, 2.45) is 0 Å². The van der Waals surface area contributed by atoms with Crippen LogP contribution < -0.4 is 9.47 Å². The summed E-state index contributed by atoms with van der Waals surface area (Å²) in [6.07, 6.45) is -5.21. The molecule has 10 nitrogen and oxygen atoms in total. The Morgan fingerprint density at radius 2 is 1.68 bits per heavy atom. The van der Waals surface area contributed by atoms with Gasteiger partial charge in [-0.1, -0.05) is 0 Å². The zero-order valence-corrected chi connectivity index (χ0v) is 16.3. The molecule has 0 radical (unpaired) electrons. The number of rotatable bonds is 5. The molecule has 5 N–H and O–H groups in total. The molecule has 0 saturated carbocycles. The number of carbonyl (C=O) groups excluding carboxylic acids is 2. The van der Waals surface area contributed by atoms with Gasteiger partial charge in [0.15, 0.2) is 5.78 Å². The third-order valence-electron chi connectivity index (χ3n) is 5.35. The lowest BCUT2D eigenvalue weighted by molar-refractivity contribution is -0.116. The van der Waals surface area contributed by atoms with Gasteiger partial charge in [0, 0.05) is 17.2 Å². The predicted molar refractivity (Wildman–Crippen MR) is 102 cm³/mol. The van der Waals surface area contributed by atoms with Gasteiger partial charge in [-0.05, 0) is 23.8 Å². The van der Waals surface area contributed by atoms with Gasteiger partial charge >= 0.3 is 0 Å². The van der Waals surface area contributed by atoms with E-state index in [0.717, 1.165) is 0 Å². The molecule has 164 valence electrons. The number of phenolic OH excluding ortho intramolecular Hbond substituents is 1. The highest BCUT2D eigenvalue weighted by molar-refractivity contribution is 6.30. The number of ketones is 2. The Hall–Kier alpha value is -3.02. The van der Waals surface area contributed by atoms with Crippen LogP contribution in [0.4, 0.5) is 0 Å².